The van der Waals surface area contributed by atoms with Crippen molar-refractivity contribution >= 4 is 22.7 Å². The molecule has 176 valence electrons. The zero-order chi connectivity index (χ0) is 24.1. The first kappa shape index (κ1) is 21.8. The number of aliphatic hydroxyl groups is 1. The lowest BCUT2D eigenvalue weighted by Gasteiger charge is -2.39. The molecule has 0 aliphatic carbocycles. The Kier molecular flexibility index (Phi) is 5.28. The van der Waals surface area contributed by atoms with Crippen molar-refractivity contribution in [3.8, 4) is 0 Å². The molecule has 0 bridgehead atoms. The number of aliphatic hydroxyl groups excluding tert-OH is 1. The van der Waals surface area contributed by atoms with Crippen LogP contribution in [-0.4, -0.2) is 51.3 Å². The van der Waals surface area contributed by atoms with E-state index < -0.39 is 6.10 Å². The van der Waals surface area contributed by atoms with Crippen LogP contribution in [0.15, 0.2) is 72.8 Å². The maximum Gasteiger partial charge on any atom is 0.261 e. The van der Waals surface area contributed by atoms with E-state index in [-0.39, 0.29) is 24.4 Å². The van der Waals surface area contributed by atoms with E-state index in [9.17, 15) is 14.7 Å². The van der Waals surface area contributed by atoms with Crippen molar-refractivity contribution in [2.75, 3.05) is 19.6 Å². The summed E-state index contributed by atoms with van der Waals surface area (Å²) in [6.45, 7) is 3.39. The number of nitrogens with one attached hydrogen (secondary N) is 1. The standard InChI is InChI=1S/C29H27N3O3/c1-18-27(23-12-6-7-13-24(23)30-18)26(33)17-31-15-14-19-8-2-3-9-20(19)25(31)16-32-28(34)21-10-4-5-11-22(21)29(32)35/h2-13,25-26,30,33H,14-17H2,1H3/t25-,26+/m1/s1. The number of aromatic nitrogens is 1. The van der Waals surface area contributed by atoms with Gasteiger partial charge in [-0.15, -0.1) is 0 Å². The maximum absolute atomic E-state index is 13.1. The van der Waals surface area contributed by atoms with E-state index in [1.165, 1.54) is 10.5 Å². The molecule has 35 heavy (non-hydrogen) atoms. The summed E-state index contributed by atoms with van der Waals surface area (Å²) < 4.78 is 0. The van der Waals surface area contributed by atoms with Crippen molar-refractivity contribution in [2.45, 2.75) is 25.5 Å². The number of carbonyl (C=O) groups excluding carboxylic acids is 2. The largest absolute Gasteiger partial charge is 0.387 e. The number of fused-ring (bicyclic) bond motifs is 3. The number of H-pyrrole nitrogens is 1. The fourth-order valence-electron chi connectivity index (χ4n) is 5.75. The lowest BCUT2D eigenvalue weighted by Crippen LogP contribution is -2.45. The van der Waals surface area contributed by atoms with Crippen LogP contribution >= 0.6 is 0 Å². The van der Waals surface area contributed by atoms with Crippen LogP contribution in [0.1, 0.15) is 55.2 Å². The third-order valence-corrected chi connectivity index (χ3v) is 7.44. The average molecular weight is 466 g/mol. The van der Waals surface area contributed by atoms with Gasteiger partial charge in [-0.25, -0.2) is 0 Å². The van der Waals surface area contributed by atoms with Crippen molar-refractivity contribution in [3.63, 3.8) is 0 Å². The number of benzene rings is 3. The van der Waals surface area contributed by atoms with Crippen LogP contribution in [0.3, 0.4) is 0 Å². The zero-order valence-corrected chi connectivity index (χ0v) is 19.6. The molecule has 1 aromatic heterocycles. The highest BCUT2D eigenvalue weighted by Gasteiger charge is 2.39. The van der Waals surface area contributed by atoms with E-state index in [1.807, 2.05) is 43.3 Å². The van der Waals surface area contributed by atoms with Crippen molar-refractivity contribution < 1.29 is 14.7 Å². The fraction of sp³-hybridized carbons (Fsp3) is 0.241. The van der Waals surface area contributed by atoms with Gasteiger partial charge in [0.1, 0.15) is 0 Å². The van der Waals surface area contributed by atoms with Crippen molar-refractivity contribution in [3.05, 3.63) is 106 Å². The molecule has 2 aliphatic rings. The molecule has 6 heteroatoms. The second-order valence-corrected chi connectivity index (χ2v) is 9.45. The lowest BCUT2D eigenvalue weighted by atomic mass is 9.91. The number of hydrogen-bond acceptors (Lipinski definition) is 4. The van der Waals surface area contributed by atoms with Gasteiger partial charge < -0.3 is 10.1 Å². The number of nitrogens with zero attached hydrogens (tertiary/aromatic N) is 2. The first-order chi connectivity index (χ1) is 17.0. The average Bonchev–Trinajstić information content (AvgIpc) is 3.34. The Morgan fingerprint density at radius 3 is 2.37 bits per heavy atom. The minimum Gasteiger partial charge on any atom is -0.387 e. The smallest absolute Gasteiger partial charge is 0.261 e. The van der Waals surface area contributed by atoms with Crippen LogP contribution < -0.4 is 0 Å². The normalized spacial score (nSPS) is 18.7. The number of hydrogen-bond donors (Lipinski definition) is 2. The first-order valence-corrected chi connectivity index (χ1v) is 12.0. The summed E-state index contributed by atoms with van der Waals surface area (Å²) in [4.78, 5) is 33.2. The van der Waals surface area contributed by atoms with Crippen LogP contribution in [0, 0.1) is 6.92 Å². The van der Waals surface area contributed by atoms with E-state index in [0.717, 1.165) is 40.7 Å². The second kappa shape index (κ2) is 8.48. The number of imide groups is 1. The SMILES string of the molecule is Cc1[nH]c2ccccc2c1[C@@H](O)CN1CCc2ccccc2[C@H]1CN1C(=O)c2ccccc2C1=O. The van der Waals surface area contributed by atoms with Crippen LogP contribution in [0.4, 0.5) is 0 Å². The molecule has 3 heterocycles. The second-order valence-electron chi connectivity index (χ2n) is 9.45. The van der Waals surface area contributed by atoms with Crippen molar-refractivity contribution in [1.29, 1.82) is 0 Å². The van der Waals surface area contributed by atoms with Gasteiger partial charge in [-0.3, -0.25) is 19.4 Å². The van der Waals surface area contributed by atoms with Crippen LogP contribution in [0.25, 0.3) is 10.9 Å². The van der Waals surface area contributed by atoms with Gasteiger partial charge in [0.2, 0.25) is 0 Å². The minimum absolute atomic E-state index is 0.192. The molecular formula is C29H27N3O3. The highest BCUT2D eigenvalue weighted by molar-refractivity contribution is 6.21. The van der Waals surface area contributed by atoms with Gasteiger partial charge in [-0.2, -0.15) is 0 Å². The Balaban J connectivity index is 1.33. The number of carbonyl (C=O) groups is 2. The highest BCUT2D eigenvalue weighted by Crippen LogP contribution is 2.36. The number of para-hydroxylation sites is 1. The predicted molar refractivity (Wildman–Crippen MR) is 134 cm³/mol. The molecule has 0 unspecified atom stereocenters. The zero-order valence-electron chi connectivity index (χ0n) is 19.6. The molecule has 0 fully saturated rings. The molecule has 0 radical (unpaired) electrons. The Labute approximate surface area is 203 Å². The quantitative estimate of drug-likeness (QED) is 0.428. The minimum atomic E-state index is -0.707. The number of rotatable bonds is 5. The molecule has 2 atom stereocenters. The summed E-state index contributed by atoms with van der Waals surface area (Å²) in [5.74, 6) is -0.497. The van der Waals surface area contributed by atoms with Gasteiger partial charge >= 0.3 is 0 Å². The van der Waals surface area contributed by atoms with Gasteiger partial charge in [0.05, 0.1) is 23.3 Å². The van der Waals surface area contributed by atoms with Crippen LogP contribution in [0.2, 0.25) is 0 Å². The van der Waals surface area contributed by atoms with E-state index in [1.54, 1.807) is 24.3 Å². The molecule has 0 saturated heterocycles. The lowest BCUT2D eigenvalue weighted by molar-refractivity contribution is 0.0488. The Hall–Kier alpha value is -3.74. The summed E-state index contributed by atoms with van der Waals surface area (Å²) in [5, 5.41) is 12.4. The van der Waals surface area contributed by atoms with Gasteiger partial charge in [0.15, 0.2) is 0 Å². The molecular weight excluding hydrogens is 438 g/mol. The van der Waals surface area contributed by atoms with Crippen molar-refractivity contribution in [1.82, 2.24) is 14.8 Å². The molecule has 2 amide bonds. The molecule has 0 spiro atoms. The van der Waals surface area contributed by atoms with Gasteiger partial charge in [0.25, 0.3) is 11.8 Å². The van der Waals surface area contributed by atoms with Gasteiger partial charge in [-0.1, -0.05) is 54.6 Å². The number of β-amino-alcohol motifs (C(OH)–C–C–N with tert-alkyl or cyclic N) is 1. The van der Waals surface area contributed by atoms with E-state index in [0.29, 0.717) is 17.7 Å². The summed E-state index contributed by atoms with van der Waals surface area (Å²) in [6, 6.07) is 23.0. The Morgan fingerprint density at radius 2 is 1.60 bits per heavy atom. The Bertz CT molecular complexity index is 1420. The molecule has 6 nitrogen and oxygen atoms in total. The molecule has 2 N–H and O–H groups in total. The van der Waals surface area contributed by atoms with Crippen LogP contribution in [0.5, 0.6) is 0 Å². The molecule has 3 aromatic carbocycles. The third-order valence-electron chi connectivity index (χ3n) is 7.44. The maximum atomic E-state index is 13.1. The van der Waals surface area contributed by atoms with Gasteiger partial charge in [-0.05, 0) is 42.7 Å². The predicted octanol–water partition coefficient (Wildman–Crippen LogP) is 4.41. The summed E-state index contributed by atoms with van der Waals surface area (Å²) in [5.41, 5.74) is 6.11. The Morgan fingerprint density at radius 1 is 0.943 bits per heavy atom. The third kappa shape index (κ3) is 3.57. The molecule has 2 aliphatic heterocycles. The fourth-order valence-corrected chi connectivity index (χ4v) is 5.75. The monoisotopic (exact) mass is 465 g/mol. The molecule has 4 aromatic rings. The molecule has 0 saturated carbocycles. The number of aryl methyl sites for hydroxylation is 1. The topological polar surface area (TPSA) is 76.6 Å². The van der Waals surface area contributed by atoms with Crippen LogP contribution in [-0.2, 0) is 6.42 Å². The number of amides is 2. The summed E-state index contributed by atoms with van der Waals surface area (Å²) in [7, 11) is 0. The van der Waals surface area contributed by atoms with Crippen molar-refractivity contribution in [2.24, 2.45) is 0 Å². The first-order valence-electron chi connectivity index (χ1n) is 12.0. The van der Waals surface area contributed by atoms with E-state index >= 15 is 0 Å². The number of aromatic amines is 1. The summed E-state index contributed by atoms with van der Waals surface area (Å²) >= 11 is 0. The van der Waals surface area contributed by atoms with E-state index in [2.05, 4.69) is 22.0 Å². The summed E-state index contributed by atoms with van der Waals surface area (Å²) in [6.07, 6.45) is 0.148. The highest BCUT2D eigenvalue weighted by atomic mass is 16.3. The molecule has 6 rings (SSSR count). The van der Waals surface area contributed by atoms with Gasteiger partial charge in [0, 0.05) is 41.8 Å². The van der Waals surface area contributed by atoms with E-state index in [4.69, 9.17) is 0 Å².